The third-order valence-electron chi connectivity index (χ3n) is 5.60. The number of morpholine rings is 1. The van der Waals surface area contributed by atoms with Crippen LogP contribution >= 0.6 is 0 Å². The Morgan fingerprint density at radius 2 is 2.03 bits per heavy atom. The van der Waals surface area contributed by atoms with Gasteiger partial charge in [0.1, 0.15) is 0 Å². The number of anilines is 3. The summed E-state index contributed by atoms with van der Waals surface area (Å²) in [6.45, 7) is 12.3. The quantitative estimate of drug-likeness (QED) is 0.590. The number of rotatable bonds is 8. The number of aliphatic carboxylic acids is 1. The zero-order chi connectivity index (χ0) is 21.7. The molecule has 0 spiro atoms. The molecule has 1 heterocycles. The number of carboxylic acid groups (broad SMARTS) is 1. The highest BCUT2D eigenvalue weighted by Crippen LogP contribution is 2.36. The van der Waals surface area contributed by atoms with E-state index in [4.69, 9.17) is 4.74 Å². The SMILES string of the molecule is C=Cc1ccc(Nc2cc(C(CC)CC(=O)O)ccc2N2CCOC(C)(C)C2)cc1. The molecule has 5 heteroatoms. The fraction of sp³-hybridized carbons (Fsp3) is 0.400. The third-order valence-corrected chi connectivity index (χ3v) is 5.60. The van der Waals surface area contributed by atoms with E-state index in [1.165, 1.54) is 0 Å². The number of ether oxygens (including phenoxy) is 1. The van der Waals surface area contributed by atoms with E-state index in [0.717, 1.165) is 47.7 Å². The Balaban J connectivity index is 1.97. The molecule has 2 aromatic carbocycles. The van der Waals surface area contributed by atoms with Crippen molar-refractivity contribution in [2.45, 2.75) is 45.1 Å². The van der Waals surface area contributed by atoms with Gasteiger partial charge in [0, 0.05) is 18.8 Å². The number of hydrogen-bond donors (Lipinski definition) is 2. The zero-order valence-corrected chi connectivity index (χ0v) is 18.1. The van der Waals surface area contributed by atoms with Crippen molar-refractivity contribution >= 4 is 29.1 Å². The van der Waals surface area contributed by atoms with Crippen molar-refractivity contribution in [3.8, 4) is 0 Å². The maximum atomic E-state index is 11.3. The molecule has 0 bridgehead atoms. The van der Waals surface area contributed by atoms with E-state index < -0.39 is 5.97 Å². The largest absolute Gasteiger partial charge is 0.481 e. The van der Waals surface area contributed by atoms with Crippen LogP contribution in [0.2, 0.25) is 0 Å². The number of benzene rings is 2. The molecule has 1 aliphatic heterocycles. The van der Waals surface area contributed by atoms with Crippen LogP contribution in [0.25, 0.3) is 6.08 Å². The number of carbonyl (C=O) groups is 1. The molecule has 160 valence electrons. The van der Waals surface area contributed by atoms with E-state index in [-0.39, 0.29) is 17.9 Å². The average molecular weight is 409 g/mol. The van der Waals surface area contributed by atoms with Crippen LogP contribution in [0.3, 0.4) is 0 Å². The fourth-order valence-corrected chi connectivity index (χ4v) is 3.97. The maximum absolute atomic E-state index is 11.3. The molecule has 0 aromatic heterocycles. The summed E-state index contributed by atoms with van der Waals surface area (Å²) >= 11 is 0. The second-order valence-electron chi connectivity index (χ2n) is 8.46. The maximum Gasteiger partial charge on any atom is 0.303 e. The Morgan fingerprint density at radius 1 is 1.30 bits per heavy atom. The normalized spacial score (nSPS) is 16.7. The number of carboxylic acids is 1. The zero-order valence-electron chi connectivity index (χ0n) is 18.1. The predicted octanol–water partition coefficient (Wildman–Crippen LogP) is 5.66. The van der Waals surface area contributed by atoms with Crippen molar-refractivity contribution in [3.05, 3.63) is 60.2 Å². The Kier molecular flexibility index (Phi) is 6.83. The molecule has 0 aliphatic carbocycles. The fourth-order valence-electron chi connectivity index (χ4n) is 3.97. The van der Waals surface area contributed by atoms with Gasteiger partial charge in [-0.15, -0.1) is 0 Å². The molecule has 2 aromatic rings. The van der Waals surface area contributed by atoms with Gasteiger partial charge in [0.2, 0.25) is 0 Å². The van der Waals surface area contributed by atoms with E-state index in [9.17, 15) is 9.90 Å². The number of nitrogens with one attached hydrogen (secondary N) is 1. The summed E-state index contributed by atoms with van der Waals surface area (Å²) in [5.74, 6) is -0.781. The molecule has 2 N–H and O–H groups in total. The van der Waals surface area contributed by atoms with Gasteiger partial charge >= 0.3 is 5.97 Å². The highest BCUT2D eigenvalue weighted by molar-refractivity contribution is 5.77. The van der Waals surface area contributed by atoms with Crippen LogP contribution in [-0.2, 0) is 9.53 Å². The van der Waals surface area contributed by atoms with E-state index in [2.05, 4.69) is 48.8 Å². The predicted molar refractivity (Wildman–Crippen MR) is 124 cm³/mol. The van der Waals surface area contributed by atoms with Crippen molar-refractivity contribution in [2.24, 2.45) is 0 Å². The molecule has 0 saturated carbocycles. The monoisotopic (exact) mass is 408 g/mol. The highest BCUT2D eigenvalue weighted by atomic mass is 16.5. The van der Waals surface area contributed by atoms with Gasteiger partial charge in [0.15, 0.2) is 0 Å². The minimum absolute atomic E-state index is 0.0126. The van der Waals surface area contributed by atoms with Gasteiger partial charge in [-0.25, -0.2) is 0 Å². The molecule has 30 heavy (non-hydrogen) atoms. The lowest BCUT2D eigenvalue weighted by Gasteiger charge is -2.40. The molecule has 5 nitrogen and oxygen atoms in total. The van der Waals surface area contributed by atoms with Gasteiger partial charge in [0.25, 0.3) is 0 Å². The van der Waals surface area contributed by atoms with Crippen LogP contribution in [0.4, 0.5) is 17.1 Å². The van der Waals surface area contributed by atoms with Crippen molar-refractivity contribution in [2.75, 3.05) is 29.9 Å². The Hall–Kier alpha value is -2.79. The molecule has 1 aliphatic rings. The van der Waals surface area contributed by atoms with Gasteiger partial charge < -0.3 is 20.1 Å². The van der Waals surface area contributed by atoms with Crippen molar-refractivity contribution in [1.29, 1.82) is 0 Å². The summed E-state index contributed by atoms with van der Waals surface area (Å²) < 4.78 is 5.89. The molecule has 1 atom stereocenters. The first kappa shape index (κ1) is 21.9. The summed E-state index contributed by atoms with van der Waals surface area (Å²) in [5.41, 5.74) is 4.97. The first-order chi connectivity index (χ1) is 14.3. The van der Waals surface area contributed by atoms with E-state index in [1.54, 1.807) is 0 Å². The Morgan fingerprint density at radius 3 is 2.63 bits per heavy atom. The minimum Gasteiger partial charge on any atom is -0.481 e. The van der Waals surface area contributed by atoms with E-state index in [1.807, 2.05) is 37.3 Å². The first-order valence-electron chi connectivity index (χ1n) is 10.6. The summed E-state index contributed by atoms with van der Waals surface area (Å²) in [6, 6.07) is 14.4. The van der Waals surface area contributed by atoms with Crippen molar-refractivity contribution in [1.82, 2.24) is 0 Å². The molecule has 1 fully saturated rings. The van der Waals surface area contributed by atoms with Crippen LogP contribution in [0, 0.1) is 0 Å². The van der Waals surface area contributed by atoms with Crippen LogP contribution < -0.4 is 10.2 Å². The second-order valence-corrected chi connectivity index (χ2v) is 8.46. The molecule has 0 radical (unpaired) electrons. The average Bonchev–Trinajstić information content (AvgIpc) is 2.71. The van der Waals surface area contributed by atoms with Crippen LogP contribution in [-0.4, -0.2) is 36.4 Å². The standard InChI is InChI=1S/C25H32N2O3/c1-5-18-7-10-21(11-8-18)26-22-15-20(19(6-2)16-24(28)29)9-12-23(22)27-13-14-30-25(3,4)17-27/h5,7-12,15,19,26H,1,6,13-14,16-17H2,2-4H3,(H,28,29). The Bertz CT molecular complexity index is 890. The van der Waals surface area contributed by atoms with E-state index >= 15 is 0 Å². The topological polar surface area (TPSA) is 61.8 Å². The van der Waals surface area contributed by atoms with E-state index in [0.29, 0.717) is 6.61 Å². The lowest BCUT2D eigenvalue weighted by molar-refractivity contribution is -0.137. The minimum atomic E-state index is -0.768. The van der Waals surface area contributed by atoms with Crippen LogP contribution in [0.5, 0.6) is 0 Å². The molecule has 1 saturated heterocycles. The summed E-state index contributed by atoms with van der Waals surface area (Å²) in [7, 11) is 0. The van der Waals surface area contributed by atoms with Crippen LogP contribution in [0.1, 0.15) is 50.7 Å². The Labute approximate surface area is 179 Å². The molecule has 1 unspecified atom stereocenters. The molecule has 0 amide bonds. The van der Waals surface area contributed by atoms with Crippen molar-refractivity contribution in [3.63, 3.8) is 0 Å². The van der Waals surface area contributed by atoms with Crippen molar-refractivity contribution < 1.29 is 14.6 Å². The highest BCUT2D eigenvalue weighted by Gasteiger charge is 2.29. The first-order valence-corrected chi connectivity index (χ1v) is 10.6. The van der Waals surface area contributed by atoms with Gasteiger partial charge in [-0.1, -0.05) is 37.8 Å². The lowest BCUT2D eigenvalue weighted by Crippen LogP contribution is -2.48. The lowest BCUT2D eigenvalue weighted by atomic mass is 9.92. The second kappa shape index (κ2) is 9.35. The summed E-state index contributed by atoms with van der Waals surface area (Å²) in [5, 5.41) is 12.9. The number of nitrogens with zero attached hydrogens (tertiary/aromatic N) is 1. The van der Waals surface area contributed by atoms with Gasteiger partial charge in [-0.3, -0.25) is 4.79 Å². The van der Waals surface area contributed by atoms with Gasteiger partial charge in [0.05, 0.1) is 30.0 Å². The third kappa shape index (κ3) is 5.42. The molecular formula is C25H32N2O3. The van der Waals surface area contributed by atoms with Gasteiger partial charge in [-0.2, -0.15) is 0 Å². The molecular weight excluding hydrogens is 376 g/mol. The van der Waals surface area contributed by atoms with Gasteiger partial charge in [-0.05, 0) is 61.6 Å². The van der Waals surface area contributed by atoms with Crippen LogP contribution in [0.15, 0.2) is 49.0 Å². The smallest absolute Gasteiger partial charge is 0.303 e. The number of hydrogen-bond acceptors (Lipinski definition) is 4. The summed E-state index contributed by atoms with van der Waals surface area (Å²) in [6.07, 6.45) is 2.74. The molecule has 3 rings (SSSR count). The summed E-state index contributed by atoms with van der Waals surface area (Å²) in [4.78, 5) is 13.7.